The van der Waals surface area contributed by atoms with Gasteiger partial charge in [0, 0.05) is 5.39 Å². The second kappa shape index (κ2) is 6.37. The lowest BCUT2D eigenvalue weighted by atomic mass is 10.0. The van der Waals surface area contributed by atoms with Crippen molar-refractivity contribution in [2.45, 2.75) is 0 Å². The number of rotatable bonds is 4. The van der Waals surface area contributed by atoms with Crippen LogP contribution < -0.4 is 4.74 Å². The highest BCUT2D eigenvalue weighted by Crippen LogP contribution is 2.35. The molecule has 2 aromatic rings. The van der Waals surface area contributed by atoms with E-state index in [4.69, 9.17) is 9.84 Å². The van der Waals surface area contributed by atoms with Crippen molar-refractivity contribution in [2.75, 3.05) is 13.7 Å². The number of carbonyl (C=O) groups excluding carboxylic acids is 2. The lowest BCUT2D eigenvalue weighted by Crippen LogP contribution is -2.33. The van der Waals surface area contributed by atoms with E-state index in [9.17, 15) is 14.4 Å². The third-order valence-corrected chi connectivity index (χ3v) is 4.50. The van der Waals surface area contributed by atoms with Crippen LogP contribution in [0.5, 0.6) is 5.75 Å². The molecule has 0 aliphatic carbocycles. The zero-order valence-electron chi connectivity index (χ0n) is 12.7. The molecule has 3 rings (SSSR count). The molecule has 1 fully saturated rings. The molecule has 0 unspecified atom stereocenters. The van der Waals surface area contributed by atoms with E-state index in [0.29, 0.717) is 5.75 Å². The van der Waals surface area contributed by atoms with E-state index >= 15 is 0 Å². The lowest BCUT2D eigenvalue weighted by molar-refractivity contribution is -0.140. The van der Waals surface area contributed by atoms with Gasteiger partial charge in [0.2, 0.25) is 0 Å². The van der Waals surface area contributed by atoms with Crippen LogP contribution in [0.4, 0.5) is 4.79 Å². The molecule has 0 aromatic heterocycles. The molecule has 1 N–H and O–H groups in total. The average Bonchev–Trinajstić information content (AvgIpc) is 2.82. The van der Waals surface area contributed by atoms with Gasteiger partial charge < -0.3 is 9.84 Å². The molecule has 0 atom stereocenters. The van der Waals surface area contributed by atoms with Crippen LogP contribution in [-0.2, 0) is 9.59 Å². The summed E-state index contributed by atoms with van der Waals surface area (Å²) in [4.78, 5) is 35.8. The van der Waals surface area contributed by atoms with Crippen LogP contribution >= 0.6 is 11.8 Å². The quantitative estimate of drug-likeness (QED) is 0.859. The van der Waals surface area contributed by atoms with Crippen LogP contribution in [0.25, 0.3) is 16.8 Å². The largest absolute Gasteiger partial charge is 0.496 e. The fraction of sp³-hybridized carbons (Fsp3) is 0.118. The fourth-order valence-electron chi connectivity index (χ4n) is 2.51. The first kappa shape index (κ1) is 16.1. The maximum Gasteiger partial charge on any atom is 0.323 e. The molecule has 2 amide bonds. The summed E-state index contributed by atoms with van der Waals surface area (Å²) in [5.74, 6) is -1.11. The molecule has 1 aliphatic rings. The first-order valence-electron chi connectivity index (χ1n) is 7.04. The molecule has 1 aliphatic heterocycles. The summed E-state index contributed by atoms with van der Waals surface area (Å²) < 4.78 is 5.33. The Balaban J connectivity index is 2.04. The van der Waals surface area contributed by atoms with Crippen LogP contribution in [-0.4, -0.2) is 40.8 Å². The monoisotopic (exact) mass is 343 g/mol. The van der Waals surface area contributed by atoms with Gasteiger partial charge in [-0.2, -0.15) is 0 Å². The second-order valence-electron chi connectivity index (χ2n) is 5.06. The number of thioether (sulfide) groups is 1. The van der Waals surface area contributed by atoms with Crippen LogP contribution in [0, 0.1) is 0 Å². The van der Waals surface area contributed by atoms with E-state index in [0.717, 1.165) is 33.0 Å². The molecular weight excluding hydrogens is 330 g/mol. The number of fused-ring (bicyclic) bond motifs is 1. The Morgan fingerprint density at radius 1 is 1.21 bits per heavy atom. The van der Waals surface area contributed by atoms with Gasteiger partial charge in [-0.05, 0) is 34.9 Å². The van der Waals surface area contributed by atoms with Gasteiger partial charge in [-0.1, -0.05) is 30.3 Å². The van der Waals surface area contributed by atoms with Gasteiger partial charge in [-0.25, -0.2) is 0 Å². The summed E-state index contributed by atoms with van der Waals surface area (Å²) in [6, 6.07) is 11.1. The number of carboxylic acids is 1. The minimum atomic E-state index is -1.23. The number of carboxylic acid groups (broad SMARTS) is 1. The minimum absolute atomic E-state index is 0.205. The van der Waals surface area contributed by atoms with Crippen molar-refractivity contribution in [3.05, 3.63) is 46.9 Å². The zero-order valence-corrected chi connectivity index (χ0v) is 13.5. The Labute approximate surface area is 141 Å². The van der Waals surface area contributed by atoms with E-state index < -0.39 is 23.7 Å². The van der Waals surface area contributed by atoms with Gasteiger partial charge >= 0.3 is 5.97 Å². The van der Waals surface area contributed by atoms with Crippen molar-refractivity contribution < 1.29 is 24.2 Å². The molecule has 0 saturated carbocycles. The predicted octanol–water partition coefficient (Wildman–Crippen LogP) is 2.97. The molecule has 6 nitrogen and oxygen atoms in total. The van der Waals surface area contributed by atoms with E-state index in [1.54, 1.807) is 25.3 Å². The molecule has 0 bridgehead atoms. The SMILES string of the molecule is COc1ccc(/C=C2/SC(=O)N(CC(=O)O)C2=O)c2ccccc12. The fourth-order valence-corrected chi connectivity index (χ4v) is 3.34. The van der Waals surface area contributed by atoms with Crippen molar-refractivity contribution in [3.8, 4) is 5.75 Å². The molecule has 1 heterocycles. The van der Waals surface area contributed by atoms with Crippen LogP contribution in [0.2, 0.25) is 0 Å². The predicted molar refractivity (Wildman–Crippen MR) is 90.8 cm³/mol. The van der Waals surface area contributed by atoms with Gasteiger partial charge in [0.05, 0.1) is 12.0 Å². The zero-order chi connectivity index (χ0) is 17.3. The summed E-state index contributed by atoms with van der Waals surface area (Å²) in [5, 5.41) is 9.98. The van der Waals surface area contributed by atoms with Crippen LogP contribution in [0.15, 0.2) is 41.3 Å². The summed E-state index contributed by atoms with van der Waals surface area (Å²) >= 11 is 0.741. The molecular formula is C17H13NO5S. The van der Waals surface area contributed by atoms with Crippen molar-refractivity contribution in [2.24, 2.45) is 0 Å². The van der Waals surface area contributed by atoms with Gasteiger partial charge in [-0.15, -0.1) is 0 Å². The van der Waals surface area contributed by atoms with Crippen LogP contribution in [0.3, 0.4) is 0 Å². The summed E-state index contributed by atoms with van der Waals surface area (Å²) in [6.07, 6.45) is 1.61. The topological polar surface area (TPSA) is 83.9 Å². The Morgan fingerprint density at radius 3 is 2.58 bits per heavy atom. The summed E-state index contributed by atoms with van der Waals surface area (Å²) in [6.45, 7) is -0.634. The first-order valence-corrected chi connectivity index (χ1v) is 7.86. The highest BCUT2D eigenvalue weighted by molar-refractivity contribution is 8.18. The van der Waals surface area contributed by atoms with Crippen molar-refractivity contribution in [1.82, 2.24) is 4.90 Å². The minimum Gasteiger partial charge on any atom is -0.496 e. The number of amides is 2. The third-order valence-electron chi connectivity index (χ3n) is 3.59. The highest BCUT2D eigenvalue weighted by Gasteiger charge is 2.36. The number of imide groups is 1. The Bertz CT molecular complexity index is 890. The number of methoxy groups -OCH3 is 1. The Kier molecular flexibility index (Phi) is 4.26. The van der Waals surface area contributed by atoms with E-state index in [-0.39, 0.29) is 4.91 Å². The number of hydrogen-bond acceptors (Lipinski definition) is 5. The Morgan fingerprint density at radius 2 is 1.92 bits per heavy atom. The molecule has 0 spiro atoms. The smallest absolute Gasteiger partial charge is 0.323 e. The molecule has 122 valence electrons. The van der Waals surface area contributed by atoms with Gasteiger partial charge in [0.25, 0.3) is 11.1 Å². The van der Waals surface area contributed by atoms with E-state index in [1.807, 2.05) is 24.3 Å². The van der Waals surface area contributed by atoms with E-state index in [1.165, 1.54) is 0 Å². The maximum atomic E-state index is 12.2. The number of nitrogens with zero attached hydrogens (tertiary/aromatic N) is 1. The lowest BCUT2D eigenvalue weighted by Gasteiger charge is -2.09. The standard InChI is InChI=1S/C17H13NO5S/c1-23-13-7-6-10(11-4-2-3-5-12(11)13)8-14-16(21)18(9-15(19)20)17(22)24-14/h2-8H,9H2,1H3,(H,19,20)/b14-8+. The average molecular weight is 343 g/mol. The number of carbonyl (C=O) groups is 3. The third kappa shape index (κ3) is 2.85. The maximum absolute atomic E-state index is 12.2. The number of ether oxygens (including phenoxy) is 1. The number of aliphatic carboxylic acids is 1. The first-order chi connectivity index (χ1) is 11.5. The molecule has 24 heavy (non-hydrogen) atoms. The molecule has 2 aromatic carbocycles. The van der Waals surface area contributed by atoms with Crippen molar-refractivity contribution >= 4 is 45.7 Å². The van der Waals surface area contributed by atoms with Crippen molar-refractivity contribution in [1.29, 1.82) is 0 Å². The molecule has 7 heteroatoms. The molecule has 1 saturated heterocycles. The van der Waals surface area contributed by atoms with Gasteiger partial charge in [0.1, 0.15) is 12.3 Å². The summed E-state index contributed by atoms with van der Waals surface area (Å²) in [5.41, 5.74) is 0.757. The van der Waals surface area contributed by atoms with Gasteiger partial charge in [-0.3, -0.25) is 19.3 Å². The van der Waals surface area contributed by atoms with Crippen LogP contribution in [0.1, 0.15) is 5.56 Å². The van der Waals surface area contributed by atoms with Gasteiger partial charge in [0.15, 0.2) is 0 Å². The van der Waals surface area contributed by atoms with Crippen molar-refractivity contribution in [3.63, 3.8) is 0 Å². The Hall–Kier alpha value is -2.80. The highest BCUT2D eigenvalue weighted by atomic mass is 32.2. The van der Waals surface area contributed by atoms with E-state index in [2.05, 4.69) is 0 Å². The second-order valence-corrected chi connectivity index (χ2v) is 6.06. The number of benzene rings is 2. The summed E-state index contributed by atoms with van der Waals surface area (Å²) in [7, 11) is 1.58. The molecule has 0 radical (unpaired) electrons. The number of hydrogen-bond donors (Lipinski definition) is 1. The normalized spacial score (nSPS) is 16.2.